The fourth-order valence-corrected chi connectivity index (χ4v) is 4.34. The molecule has 1 aliphatic heterocycles. The van der Waals surface area contributed by atoms with Crippen molar-refractivity contribution in [2.24, 2.45) is 0 Å². The highest BCUT2D eigenvalue weighted by Crippen LogP contribution is 2.23. The Balaban J connectivity index is 1.31. The largest absolute Gasteiger partial charge is 0.494 e. The summed E-state index contributed by atoms with van der Waals surface area (Å²) >= 11 is 6.10. The third kappa shape index (κ3) is 7.70. The minimum absolute atomic E-state index is 0.374. The van der Waals surface area contributed by atoms with Gasteiger partial charge in [0.15, 0.2) is 0 Å². The second kappa shape index (κ2) is 12.4. The number of aromatic nitrogens is 2. The highest BCUT2D eigenvalue weighted by atomic mass is 35.5. The maximum atomic E-state index is 6.10. The van der Waals surface area contributed by atoms with E-state index in [4.69, 9.17) is 30.5 Å². The van der Waals surface area contributed by atoms with Crippen LogP contribution in [0.25, 0.3) is 0 Å². The van der Waals surface area contributed by atoms with Crippen LogP contribution in [-0.2, 0) is 22.6 Å². The average Bonchev–Trinajstić information content (AvgIpc) is 3.16. The van der Waals surface area contributed by atoms with Crippen molar-refractivity contribution in [2.75, 3.05) is 46.6 Å². The molecule has 0 spiro atoms. The van der Waals surface area contributed by atoms with Crippen molar-refractivity contribution in [2.45, 2.75) is 32.0 Å². The molecule has 35 heavy (non-hydrogen) atoms. The SMILES string of the molecule is CO[C@@]1(COc2cccc(Cl)c2)COCCN(Cc2cccc(OCCCn3cc(C)cn3)c2)C1. The number of halogens is 1. The number of hydrogen-bond acceptors (Lipinski definition) is 6. The predicted octanol–water partition coefficient (Wildman–Crippen LogP) is 4.61. The van der Waals surface area contributed by atoms with Gasteiger partial charge < -0.3 is 18.9 Å². The first-order chi connectivity index (χ1) is 17.0. The van der Waals surface area contributed by atoms with E-state index in [-0.39, 0.29) is 0 Å². The molecule has 0 N–H and O–H groups in total. The van der Waals surface area contributed by atoms with Gasteiger partial charge in [-0.3, -0.25) is 9.58 Å². The summed E-state index contributed by atoms with van der Waals surface area (Å²) in [5.74, 6) is 1.60. The summed E-state index contributed by atoms with van der Waals surface area (Å²) in [7, 11) is 1.72. The lowest BCUT2D eigenvalue weighted by atomic mass is 10.1. The monoisotopic (exact) mass is 499 g/mol. The molecule has 0 saturated carbocycles. The van der Waals surface area contributed by atoms with Crippen LogP contribution >= 0.6 is 11.6 Å². The minimum atomic E-state index is -0.572. The summed E-state index contributed by atoms with van der Waals surface area (Å²) in [5.41, 5.74) is 1.79. The standard InChI is InChI=1S/C27H34ClN3O4/c1-22-16-29-31(17-22)10-5-12-34-25-8-3-6-23(14-25)18-30-11-13-33-20-27(19-30,32-2)21-35-26-9-4-7-24(28)15-26/h3-4,6-9,14-17H,5,10-13,18-21H2,1-2H3/t27-/m1/s1. The van der Waals surface area contributed by atoms with Crippen molar-refractivity contribution in [1.29, 1.82) is 0 Å². The van der Waals surface area contributed by atoms with Gasteiger partial charge in [-0.05, 0) is 48.4 Å². The van der Waals surface area contributed by atoms with Crippen molar-refractivity contribution >= 4 is 11.6 Å². The van der Waals surface area contributed by atoms with Crippen LogP contribution in [0.2, 0.25) is 5.02 Å². The van der Waals surface area contributed by atoms with E-state index < -0.39 is 5.60 Å². The molecule has 188 valence electrons. The van der Waals surface area contributed by atoms with Gasteiger partial charge in [0.2, 0.25) is 0 Å². The first kappa shape index (κ1) is 25.5. The average molecular weight is 500 g/mol. The Kier molecular flexibility index (Phi) is 9.04. The van der Waals surface area contributed by atoms with Crippen LogP contribution in [-0.4, -0.2) is 66.9 Å². The fourth-order valence-electron chi connectivity index (χ4n) is 4.16. The molecule has 2 aromatic carbocycles. The molecule has 4 rings (SSSR count). The van der Waals surface area contributed by atoms with Gasteiger partial charge in [0.1, 0.15) is 23.7 Å². The number of aryl methyl sites for hydroxylation is 2. The Labute approximate surface area is 212 Å². The van der Waals surface area contributed by atoms with Crippen LogP contribution in [0.1, 0.15) is 17.5 Å². The Hall–Kier alpha value is -2.58. The van der Waals surface area contributed by atoms with E-state index in [0.29, 0.717) is 38.0 Å². The van der Waals surface area contributed by atoms with Gasteiger partial charge in [-0.15, -0.1) is 0 Å². The van der Waals surface area contributed by atoms with Crippen LogP contribution in [0.15, 0.2) is 60.9 Å². The number of ether oxygens (including phenoxy) is 4. The van der Waals surface area contributed by atoms with Crippen LogP contribution in [0.3, 0.4) is 0 Å². The predicted molar refractivity (Wildman–Crippen MR) is 136 cm³/mol. The molecule has 7 nitrogen and oxygen atoms in total. The van der Waals surface area contributed by atoms with Gasteiger partial charge in [0.25, 0.3) is 0 Å². The van der Waals surface area contributed by atoms with Gasteiger partial charge in [-0.25, -0.2) is 0 Å². The van der Waals surface area contributed by atoms with Gasteiger partial charge in [0, 0.05) is 50.9 Å². The molecule has 1 aliphatic rings. The molecular formula is C27H34ClN3O4. The van der Waals surface area contributed by atoms with Crippen molar-refractivity contribution < 1.29 is 18.9 Å². The molecule has 0 amide bonds. The Morgan fingerprint density at radius 3 is 2.71 bits per heavy atom. The van der Waals surface area contributed by atoms with Crippen molar-refractivity contribution in [3.05, 3.63) is 77.1 Å². The number of nitrogens with zero attached hydrogens (tertiary/aromatic N) is 3. The summed E-state index contributed by atoms with van der Waals surface area (Å²) in [4.78, 5) is 2.34. The molecule has 0 radical (unpaired) electrons. The second-order valence-electron chi connectivity index (χ2n) is 9.03. The zero-order valence-corrected chi connectivity index (χ0v) is 21.2. The first-order valence-corrected chi connectivity index (χ1v) is 12.4. The summed E-state index contributed by atoms with van der Waals surface area (Å²) < 4.78 is 25.9. The van der Waals surface area contributed by atoms with Crippen LogP contribution in [0.5, 0.6) is 11.5 Å². The molecule has 0 aliphatic carbocycles. The maximum absolute atomic E-state index is 6.10. The highest BCUT2D eigenvalue weighted by molar-refractivity contribution is 6.30. The fraction of sp³-hybridized carbons (Fsp3) is 0.444. The van der Waals surface area contributed by atoms with Gasteiger partial charge in [0.05, 0.1) is 26.0 Å². The molecule has 3 aromatic rings. The maximum Gasteiger partial charge on any atom is 0.137 e. The lowest BCUT2D eigenvalue weighted by Gasteiger charge is -2.34. The topological polar surface area (TPSA) is 58.0 Å². The molecule has 0 unspecified atom stereocenters. The van der Waals surface area contributed by atoms with E-state index in [1.807, 2.05) is 60.4 Å². The van der Waals surface area contributed by atoms with E-state index in [2.05, 4.69) is 22.1 Å². The molecule has 1 saturated heterocycles. The van der Waals surface area contributed by atoms with Crippen molar-refractivity contribution in [3.8, 4) is 11.5 Å². The van der Waals surface area contributed by atoms with Crippen molar-refractivity contribution in [1.82, 2.24) is 14.7 Å². The number of methoxy groups -OCH3 is 1. The van der Waals surface area contributed by atoms with Gasteiger partial charge >= 0.3 is 0 Å². The van der Waals surface area contributed by atoms with Crippen LogP contribution in [0, 0.1) is 6.92 Å². The van der Waals surface area contributed by atoms with E-state index in [9.17, 15) is 0 Å². The summed E-state index contributed by atoms with van der Waals surface area (Å²) in [6, 6.07) is 15.7. The van der Waals surface area contributed by atoms with Crippen molar-refractivity contribution in [3.63, 3.8) is 0 Å². The molecule has 1 fully saturated rings. The van der Waals surface area contributed by atoms with E-state index >= 15 is 0 Å². The molecule has 0 bridgehead atoms. The van der Waals surface area contributed by atoms with E-state index in [1.54, 1.807) is 7.11 Å². The molecule has 8 heteroatoms. The number of benzene rings is 2. The summed E-state index contributed by atoms with van der Waals surface area (Å²) in [6.07, 6.45) is 4.82. The highest BCUT2D eigenvalue weighted by Gasteiger charge is 2.36. The lowest BCUT2D eigenvalue weighted by Crippen LogP contribution is -2.50. The lowest BCUT2D eigenvalue weighted by molar-refractivity contribution is -0.0925. The Morgan fingerprint density at radius 1 is 1.11 bits per heavy atom. The molecule has 1 aromatic heterocycles. The Morgan fingerprint density at radius 2 is 1.94 bits per heavy atom. The Bertz CT molecular complexity index is 1080. The molecule has 2 heterocycles. The zero-order chi connectivity index (χ0) is 24.5. The van der Waals surface area contributed by atoms with Gasteiger partial charge in [-0.2, -0.15) is 5.10 Å². The van der Waals surface area contributed by atoms with Crippen LogP contribution < -0.4 is 9.47 Å². The smallest absolute Gasteiger partial charge is 0.137 e. The summed E-state index contributed by atoms with van der Waals surface area (Å²) in [5, 5.41) is 4.97. The van der Waals surface area contributed by atoms with Gasteiger partial charge in [-0.1, -0.05) is 29.8 Å². The minimum Gasteiger partial charge on any atom is -0.494 e. The molecular weight excluding hydrogens is 466 g/mol. The third-order valence-electron chi connectivity index (χ3n) is 6.03. The number of rotatable bonds is 11. The van der Waals surface area contributed by atoms with E-state index in [1.165, 1.54) is 11.1 Å². The first-order valence-electron chi connectivity index (χ1n) is 12.0. The normalized spacial score (nSPS) is 18.8. The van der Waals surface area contributed by atoms with Crippen LogP contribution in [0.4, 0.5) is 0 Å². The summed E-state index contributed by atoms with van der Waals surface area (Å²) in [6.45, 7) is 7.31. The zero-order valence-electron chi connectivity index (χ0n) is 20.5. The quantitative estimate of drug-likeness (QED) is 0.359. The number of hydrogen-bond donors (Lipinski definition) is 0. The third-order valence-corrected chi connectivity index (χ3v) is 6.26. The second-order valence-corrected chi connectivity index (χ2v) is 9.46. The molecule has 1 atom stereocenters. The van der Waals surface area contributed by atoms with E-state index in [0.717, 1.165) is 37.6 Å².